The fraction of sp³-hybridized carbons (Fsp3) is 0.857. The van der Waals surface area contributed by atoms with Gasteiger partial charge < -0.3 is 25.2 Å². The summed E-state index contributed by atoms with van der Waals surface area (Å²) in [5.41, 5.74) is -0.501. The number of aliphatic hydroxyl groups is 1. The average molecular weight is 302 g/mol. The smallest absolute Gasteiger partial charge is 0.407 e. The summed E-state index contributed by atoms with van der Waals surface area (Å²) in [6.45, 7) is 5.30. The zero-order valence-electron chi connectivity index (χ0n) is 13.0. The molecule has 0 radical (unpaired) electrons. The third-order valence-corrected chi connectivity index (χ3v) is 3.09. The Bertz CT molecular complexity index is 346. The molecule has 21 heavy (non-hydrogen) atoms. The first kappa shape index (κ1) is 17.6. The molecule has 0 aliphatic heterocycles. The van der Waals surface area contributed by atoms with Crippen LogP contribution >= 0.6 is 0 Å². The molecule has 1 saturated carbocycles. The van der Waals surface area contributed by atoms with Crippen LogP contribution in [0.4, 0.5) is 9.59 Å². The standard InChI is InChI=1S/C14H26N2O5/c1-14(2,3)21-13(19)16-11-6-4-10(5-7-11)15-12(18)20-9-8-17/h10-11,17H,4-9H2,1-3H3,(H,15,18)(H,16,19)/t10-,11-. The molecule has 0 aromatic heterocycles. The van der Waals surface area contributed by atoms with Crippen LogP contribution in [0.3, 0.4) is 0 Å². The Morgan fingerprint density at radius 1 is 1.05 bits per heavy atom. The van der Waals surface area contributed by atoms with Crippen LogP contribution in [0.1, 0.15) is 46.5 Å². The van der Waals surface area contributed by atoms with Gasteiger partial charge in [-0.25, -0.2) is 9.59 Å². The Morgan fingerprint density at radius 3 is 1.95 bits per heavy atom. The first-order chi connectivity index (χ1) is 9.80. The van der Waals surface area contributed by atoms with E-state index >= 15 is 0 Å². The van der Waals surface area contributed by atoms with Crippen LogP contribution < -0.4 is 10.6 Å². The van der Waals surface area contributed by atoms with Gasteiger partial charge in [-0.05, 0) is 46.5 Å². The molecule has 122 valence electrons. The predicted octanol–water partition coefficient (Wildman–Crippen LogP) is 1.54. The van der Waals surface area contributed by atoms with Gasteiger partial charge in [-0.3, -0.25) is 0 Å². The summed E-state index contributed by atoms with van der Waals surface area (Å²) in [6, 6.07) is 0.124. The second kappa shape index (κ2) is 8.07. The highest BCUT2D eigenvalue weighted by atomic mass is 16.6. The fourth-order valence-electron chi connectivity index (χ4n) is 2.20. The molecule has 1 aliphatic carbocycles. The Balaban J connectivity index is 2.23. The number of aliphatic hydroxyl groups excluding tert-OH is 1. The van der Waals surface area contributed by atoms with E-state index in [1.54, 1.807) is 0 Å². The number of carbonyl (C=O) groups is 2. The molecule has 7 heteroatoms. The molecule has 0 spiro atoms. The summed E-state index contributed by atoms with van der Waals surface area (Å²) in [7, 11) is 0. The van der Waals surface area contributed by atoms with Crippen molar-refractivity contribution in [3.63, 3.8) is 0 Å². The zero-order valence-corrected chi connectivity index (χ0v) is 13.0. The van der Waals surface area contributed by atoms with Crippen molar-refractivity contribution < 1.29 is 24.2 Å². The van der Waals surface area contributed by atoms with E-state index in [1.807, 2.05) is 20.8 Å². The molecule has 0 bridgehead atoms. The Labute approximate surface area is 125 Å². The third-order valence-electron chi connectivity index (χ3n) is 3.09. The van der Waals surface area contributed by atoms with Crippen molar-refractivity contribution in [3.05, 3.63) is 0 Å². The van der Waals surface area contributed by atoms with Crippen molar-refractivity contribution in [2.24, 2.45) is 0 Å². The lowest BCUT2D eigenvalue weighted by Gasteiger charge is -2.30. The van der Waals surface area contributed by atoms with E-state index in [-0.39, 0.29) is 25.3 Å². The van der Waals surface area contributed by atoms with E-state index < -0.39 is 17.8 Å². The summed E-state index contributed by atoms with van der Waals surface area (Å²) < 4.78 is 9.96. The van der Waals surface area contributed by atoms with Crippen LogP contribution in [0.2, 0.25) is 0 Å². The fourth-order valence-corrected chi connectivity index (χ4v) is 2.20. The number of nitrogens with one attached hydrogen (secondary N) is 2. The molecule has 0 unspecified atom stereocenters. The molecule has 0 atom stereocenters. The summed E-state index contributed by atoms with van der Waals surface area (Å²) >= 11 is 0. The minimum absolute atomic E-state index is 0.00137. The quantitative estimate of drug-likeness (QED) is 0.732. The molecule has 0 aromatic rings. The number of ether oxygens (including phenoxy) is 2. The van der Waals surface area contributed by atoms with Gasteiger partial charge in [0.25, 0.3) is 0 Å². The van der Waals surface area contributed by atoms with Gasteiger partial charge >= 0.3 is 12.2 Å². The van der Waals surface area contributed by atoms with Gasteiger partial charge in [0.2, 0.25) is 0 Å². The molecule has 1 fully saturated rings. The highest BCUT2D eigenvalue weighted by Crippen LogP contribution is 2.19. The largest absolute Gasteiger partial charge is 0.447 e. The molecular formula is C14H26N2O5. The van der Waals surface area contributed by atoms with Gasteiger partial charge in [-0.15, -0.1) is 0 Å². The number of carbonyl (C=O) groups excluding carboxylic acids is 2. The minimum Gasteiger partial charge on any atom is -0.447 e. The van der Waals surface area contributed by atoms with Crippen molar-refractivity contribution in [2.75, 3.05) is 13.2 Å². The monoisotopic (exact) mass is 302 g/mol. The summed E-state index contributed by atoms with van der Waals surface area (Å²) in [5, 5.41) is 14.2. The SMILES string of the molecule is CC(C)(C)OC(=O)N[C@H]1CC[C@H](NC(=O)OCCO)CC1. The molecule has 0 aromatic carbocycles. The normalized spacial score (nSPS) is 22.3. The zero-order chi connectivity index (χ0) is 15.9. The van der Waals surface area contributed by atoms with Crippen molar-refractivity contribution in [2.45, 2.75) is 64.1 Å². The van der Waals surface area contributed by atoms with E-state index in [4.69, 9.17) is 14.6 Å². The van der Waals surface area contributed by atoms with Crippen molar-refractivity contribution >= 4 is 12.2 Å². The van der Waals surface area contributed by atoms with Crippen LogP contribution in [0.15, 0.2) is 0 Å². The van der Waals surface area contributed by atoms with E-state index in [1.165, 1.54) is 0 Å². The van der Waals surface area contributed by atoms with Crippen molar-refractivity contribution in [3.8, 4) is 0 Å². The van der Waals surface area contributed by atoms with Crippen LogP contribution in [-0.4, -0.2) is 48.2 Å². The second-order valence-electron chi connectivity index (χ2n) is 6.20. The average Bonchev–Trinajstić information content (AvgIpc) is 2.36. The number of hydrogen-bond donors (Lipinski definition) is 3. The molecule has 0 saturated heterocycles. The van der Waals surface area contributed by atoms with Gasteiger partial charge in [0.15, 0.2) is 0 Å². The maximum absolute atomic E-state index is 11.7. The molecule has 1 aliphatic rings. The lowest BCUT2D eigenvalue weighted by Crippen LogP contribution is -2.45. The summed E-state index contributed by atoms with van der Waals surface area (Å²) in [6.07, 6.45) is 2.20. The van der Waals surface area contributed by atoms with Crippen molar-refractivity contribution in [1.29, 1.82) is 0 Å². The summed E-state index contributed by atoms with van der Waals surface area (Å²) in [5.74, 6) is 0. The van der Waals surface area contributed by atoms with Gasteiger partial charge in [0.05, 0.1) is 6.61 Å². The van der Waals surface area contributed by atoms with Crippen LogP contribution in [0, 0.1) is 0 Å². The first-order valence-corrected chi connectivity index (χ1v) is 7.34. The lowest BCUT2D eigenvalue weighted by atomic mass is 9.91. The first-order valence-electron chi connectivity index (χ1n) is 7.34. The molecule has 7 nitrogen and oxygen atoms in total. The molecular weight excluding hydrogens is 276 g/mol. The van der Waals surface area contributed by atoms with Crippen LogP contribution in [-0.2, 0) is 9.47 Å². The van der Waals surface area contributed by atoms with E-state index in [2.05, 4.69) is 10.6 Å². The Kier molecular flexibility index (Phi) is 6.74. The molecule has 0 heterocycles. The van der Waals surface area contributed by atoms with Gasteiger partial charge in [0.1, 0.15) is 12.2 Å². The van der Waals surface area contributed by atoms with Gasteiger partial charge in [0, 0.05) is 12.1 Å². The maximum atomic E-state index is 11.7. The maximum Gasteiger partial charge on any atom is 0.407 e. The summed E-state index contributed by atoms with van der Waals surface area (Å²) in [4.78, 5) is 23.0. The molecule has 3 N–H and O–H groups in total. The molecule has 2 amide bonds. The van der Waals surface area contributed by atoms with Crippen LogP contribution in [0.5, 0.6) is 0 Å². The van der Waals surface area contributed by atoms with E-state index in [0.717, 1.165) is 25.7 Å². The Morgan fingerprint density at radius 2 is 1.52 bits per heavy atom. The number of amides is 2. The second-order valence-corrected chi connectivity index (χ2v) is 6.20. The lowest BCUT2D eigenvalue weighted by molar-refractivity contribution is 0.0488. The predicted molar refractivity (Wildman–Crippen MR) is 77.0 cm³/mol. The highest BCUT2D eigenvalue weighted by Gasteiger charge is 2.25. The minimum atomic E-state index is -0.507. The van der Waals surface area contributed by atoms with Gasteiger partial charge in [-0.2, -0.15) is 0 Å². The van der Waals surface area contributed by atoms with Crippen molar-refractivity contribution in [1.82, 2.24) is 10.6 Å². The van der Waals surface area contributed by atoms with Crippen LogP contribution in [0.25, 0.3) is 0 Å². The van der Waals surface area contributed by atoms with E-state index in [0.29, 0.717) is 0 Å². The number of alkyl carbamates (subject to hydrolysis) is 2. The van der Waals surface area contributed by atoms with Gasteiger partial charge in [-0.1, -0.05) is 0 Å². The van der Waals surface area contributed by atoms with E-state index in [9.17, 15) is 9.59 Å². The number of hydrogen-bond acceptors (Lipinski definition) is 5. The third kappa shape index (κ3) is 7.75. The molecule has 1 rings (SSSR count). The Hall–Kier alpha value is -1.50. The highest BCUT2D eigenvalue weighted by molar-refractivity contribution is 5.68. The topological polar surface area (TPSA) is 96.9 Å². The number of rotatable bonds is 4.